The Morgan fingerprint density at radius 1 is 1.38 bits per heavy atom. The van der Waals surface area contributed by atoms with Gasteiger partial charge in [0.05, 0.1) is 11.9 Å². The molecular formula is C10H18N2O. The molecule has 0 aromatic rings. The summed E-state index contributed by atoms with van der Waals surface area (Å²) in [5.41, 5.74) is 0. The zero-order valence-corrected chi connectivity index (χ0v) is 8.09. The average Bonchev–Trinajstić information content (AvgIpc) is 2.21. The molecule has 0 aliphatic carbocycles. The monoisotopic (exact) mass is 182 g/mol. The van der Waals surface area contributed by atoms with Gasteiger partial charge in [-0.25, -0.2) is 0 Å². The summed E-state index contributed by atoms with van der Waals surface area (Å²) in [5, 5.41) is 3.34. The summed E-state index contributed by atoms with van der Waals surface area (Å²) in [6.07, 6.45) is 6.36. The van der Waals surface area contributed by atoms with Crippen LogP contribution in [0.15, 0.2) is 4.99 Å². The number of ether oxygens (including phenoxy) is 1. The van der Waals surface area contributed by atoms with Crippen LogP contribution in [-0.4, -0.2) is 31.6 Å². The number of nitrogens with zero attached hydrogens (tertiary/aromatic N) is 1. The lowest BCUT2D eigenvalue weighted by molar-refractivity contribution is 0.0206. The van der Waals surface area contributed by atoms with E-state index in [0.29, 0.717) is 6.10 Å². The van der Waals surface area contributed by atoms with E-state index >= 15 is 0 Å². The van der Waals surface area contributed by atoms with Crippen molar-refractivity contribution < 1.29 is 4.74 Å². The largest absolute Gasteiger partial charge is 0.378 e. The second-order valence-corrected chi connectivity index (χ2v) is 3.80. The summed E-state index contributed by atoms with van der Waals surface area (Å²) in [4.78, 5) is 4.45. The van der Waals surface area contributed by atoms with E-state index < -0.39 is 0 Å². The van der Waals surface area contributed by atoms with Crippen LogP contribution in [0, 0.1) is 0 Å². The van der Waals surface area contributed by atoms with E-state index in [9.17, 15) is 0 Å². The van der Waals surface area contributed by atoms with Gasteiger partial charge in [-0.05, 0) is 25.7 Å². The van der Waals surface area contributed by atoms with Crippen LogP contribution in [0.5, 0.6) is 0 Å². The van der Waals surface area contributed by atoms with Crippen LogP contribution < -0.4 is 5.32 Å². The fraction of sp³-hybridized carbons (Fsp3) is 0.900. The van der Waals surface area contributed by atoms with Gasteiger partial charge in [0, 0.05) is 26.1 Å². The number of amidine groups is 1. The molecule has 1 N–H and O–H groups in total. The van der Waals surface area contributed by atoms with E-state index in [-0.39, 0.29) is 0 Å². The third kappa shape index (κ3) is 2.69. The molecule has 1 saturated heterocycles. The number of hydrogen-bond donors (Lipinski definition) is 1. The van der Waals surface area contributed by atoms with Gasteiger partial charge in [-0.1, -0.05) is 0 Å². The quantitative estimate of drug-likeness (QED) is 0.699. The van der Waals surface area contributed by atoms with Crippen molar-refractivity contribution >= 4 is 5.84 Å². The van der Waals surface area contributed by atoms with Crippen LogP contribution in [0.1, 0.15) is 32.1 Å². The summed E-state index contributed by atoms with van der Waals surface area (Å²) < 4.78 is 5.66. The van der Waals surface area contributed by atoms with Gasteiger partial charge in [-0.15, -0.1) is 0 Å². The normalized spacial score (nSPS) is 29.2. The molecule has 0 aromatic heterocycles. The van der Waals surface area contributed by atoms with E-state index in [2.05, 4.69) is 10.3 Å². The lowest BCUT2D eigenvalue weighted by atomic mass is 10.1. The van der Waals surface area contributed by atoms with E-state index in [1.807, 2.05) is 0 Å². The van der Waals surface area contributed by atoms with Crippen LogP contribution in [0.4, 0.5) is 0 Å². The van der Waals surface area contributed by atoms with Crippen molar-refractivity contribution in [3.05, 3.63) is 0 Å². The van der Waals surface area contributed by atoms with Crippen LogP contribution in [-0.2, 0) is 4.74 Å². The molecule has 1 fully saturated rings. The summed E-state index contributed by atoms with van der Waals surface area (Å²) in [5.74, 6) is 1.16. The number of rotatable bonds is 2. The molecule has 74 valence electrons. The highest BCUT2D eigenvalue weighted by molar-refractivity contribution is 5.83. The van der Waals surface area contributed by atoms with Crippen molar-refractivity contribution in [1.82, 2.24) is 5.32 Å². The Balaban J connectivity index is 1.78. The van der Waals surface area contributed by atoms with E-state index in [0.717, 1.165) is 32.0 Å². The number of hydrogen-bond acceptors (Lipinski definition) is 3. The standard InChI is InChI=1S/C10H18N2O/c1-2-7-13-9(4-1)8-10-11-5-3-6-12-10/h9H,1-8H2,(H,11,12). The topological polar surface area (TPSA) is 33.6 Å². The molecule has 2 aliphatic heterocycles. The fourth-order valence-electron chi connectivity index (χ4n) is 1.90. The Labute approximate surface area is 79.6 Å². The molecule has 3 heteroatoms. The van der Waals surface area contributed by atoms with Crippen LogP contribution >= 0.6 is 0 Å². The molecular weight excluding hydrogens is 164 g/mol. The van der Waals surface area contributed by atoms with Crippen molar-refractivity contribution in [2.75, 3.05) is 19.7 Å². The van der Waals surface area contributed by atoms with Gasteiger partial charge in [0.25, 0.3) is 0 Å². The maximum absolute atomic E-state index is 5.66. The molecule has 1 atom stereocenters. The summed E-state index contributed by atoms with van der Waals surface area (Å²) >= 11 is 0. The molecule has 2 aliphatic rings. The van der Waals surface area contributed by atoms with Gasteiger partial charge < -0.3 is 10.1 Å². The Bertz CT molecular complexity index is 185. The molecule has 0 saturated carbocycles. The molecule has 2 rings (SSSR count). The van der Waals surface area contributed by atoms with E-state index in [1.54, 1.807) is 0 Å². The van der Waals surface area contributed by atoms with Crippen molar-refractivity contribution in [3.8, 4) is 0 Å². The highest BCUT2D eigenvalue weighted by atomic mass is 16.5. The Hall–Kier alpha value is -0.570. The van der Waals surface area contributed by atoms with Gasteiger partial charge in [0.15, 0.2) is 0 Å². The maximum atomic E-state index is 5.66. The summed E-state index contributed by atoms with van der Waals surface area (Å²) in [6.45, 7) is 3.03. The molecule has 1 unspecified atom stereocenters. The van der Waals surface area contributed by atoms with Crippen molar-refractivity contribution in [2.24, 2.45) is 4.99 Å². The second-order valence-electron chi connectivity index (χ2n) is 3.80. The summed E-state index contributed by atoms with van der Waals surface area (Å²) in [7, 11) is 0. The first-order valence-corrected chi connectivity index (χ1v) is 5.34. The van der Waals surface area contributed by atoms with Gasteiger partial charge in [0.1, 0.15) is 0 Å². The van der Waals surface area contributed by atoms with Crippen molar-refractivity contribution in [3.63, 3.8) is 0 Å². The molecule has 2 heterocycles. The first-order chi connectivity index (χ1) is 6.45. The lowest BCUT2D eigenvalue weighted by Crippen LogP contribution is -2.34. The predicted molar refractivity (Wildman–Crippen MR) is 53.1 cm³/mol. The van der Waals surface area contributed by atoms with Gasteiger partial charge >= 0.3 is 0 Å². The maximum Gasteiger partial charge on any atom is 0.0989 e. The lowest BCUT2D eigenvalue weighted by Gasteiger charge is -2.24. The fourth-order valence-corrected chi connectivity index (χ4v) is 1.90. The molecule has 0 spiro atoms. The average molecular weight is 182 g/mol. The first kappa shape index (κ1) is 9.00. The second kappa shape index (κ2) is 4.61. The summed E-state index contributed by atoms with van der Waals surface area (Å²) in [6, 6.07) is 0. The minimum atomic E-state index is 0.429. The molecule has 0 radical (unpaired) electrons. The third-order valence-electron chi connectivity index (χ3n) is 2.66. The van der Waals surface area contributed by atoms with Crippen LogP contribution in [0.3, 0.4) is 0 Å². The van der Waals surface area contributed by atoms with E-state index in [4.69, 9.17) is 4.74 Å². The highest BCUT2D eigenvalue weighted by Crippen LogP contribution is 2.16. The Kier molecular flexibility index (Phi) is 3.19. The zero-order chi connectivity index (χ0) is 8.93. The van der Waals surface area contributed by atoms with Crippen molar-refractivity contribution in [1.29, 1.82) is 0 Å². The molecule has 13 heavy (non-hydrogen) atoms. The van der Waals surface area contributed by atoms with Gasteiger partial charge in [-0.2, -0.15) is 0 Å². The van der Waals surface area contributed by atoms with Gasteiger partial charge in [0.2, 0.25) is 0 Å². The predicted octanol–water partition coefficient (Wildman–Crippen LogP) is 1.34. The zero-order valence-electron chi connectivity index (χ0n) is 8.09. The number of nitrogens with one attached hydrogen (secondary N) is 1. The third-order valence-corrected chi connectivity index (χ3v) is 2.66. The van der Waals surface area contributed by atoms with Crippen LogP contribution in [0.2, 0.25) is 0 Å². The highest BCUT2D eigenvalue weighted by Gasteiger charge is 2.16. The van der Waals surface area contributed by atoms with Crippen molar-refractivity contribution in [2.45, 2.75) is 38.2 Å². The van der Waals surface area contributed by atoms with E-state index in [1.165, 1.54) is 25.7 Å². The minimum Gasteiger partial charge on any atom is -0.378 e. The molecule has 0 aromatic carbocycles. The Morgan fingerprint density at radius 3 is 3.08 bits per heavy atom. The molecule has 0 bridgehead atoms. The Morgan fingerprint density at radius 2 is 2.38 bits per heavy atom. The minimum absolute atomic E-state index is 0.429. The van der Waals surface area contributed by atoms with Crippen LogP contribution in [0.25, 0.3) is 0 Å². The molecule has 3 nitrogen and oxygen atoms in total. The van der Waals surface area contributed by atoms with Gasteiger partial charge in [-0.3, -0.25) is 4.99 Å². The smallest absolute Gasteiger partial charge is 0.0989 e. The first-order valence-electron chi connectivity index (χ1n) is 5.34. The SMILES string of the molecule is C1CN=C(CC2CCCCO2)NC1. The molecule has 0 amide bonds. The number of aliphatic imine (C=N–C) groups is 1.